The molecule has 0 atom stereocenters. The Labute approximate surface area is 184 Å². The van der Waals surface area contributed by atoms with Gasteiger partial charge in [-0.25, -0.2) is 4.79 Å². The Kier molecular flexibility index (Phi) is 5.72. The number of hydrogen-bond donors (Lipinski definition) is 2. The molecular formula is C25H21N3O4. The third-order valence-electron chi connectivity index (χ3n) is 5.04. The highest BCUT2D eigenvalue weighted by Crippen LogP contribution is 2.29. The Hall–Kier alpha value is -4.39. The van der Waals surface area contributed by atoms with Crippen LogP contribution in [0.4, 0.5) is 17.1 Å². The number of fused-ring (bicyclic) bond motifs is 1. The molecule has 3 aromatic carbocycles. The normalized spacial score (nSPS) is 10.6. The van der Waals surface area contributed by atoms with Crippen molar-refractivity contribution < 1.29 is 19.1 Å². The number of hydrogen-bond acceptors (Lipinski definition) is 5. The molecule has 1 amide bonds. The monoisotopic (exact) mass is 427 g/mol. The van der Waals surface area contributed by atoms with Gasteiger partial charge >= 0.3 is 5.97 Å². The van der Waals surface area contributed by atoms with E-state index in [4.69, 9.17) is 4.74 Å². The Morgan fingerprint density at radius 1 is 0.875 bits per heavy atom. The van der Waals surface area contributed by atoms with E-state index < -0.39 is 11.9 Å². The summed E-state index contributed by atoms with van der Waals surface area (Å²) in [6.07, 6.45) is 1.52. The molecule has 0 aliphatic heterocycles. The van der Waals surface area contributed by atoms with Crippen LogP contribution in [0.25, 0.3) is 10.9 Å². The predicted octanol–water partition coefficient (Wildman–Crippen LogP) is 5.08. The van der Waals surface area contributed by atoms with Crippen molar-refractivity contribution in [2.75, 3.05) is 17.7 Å². The molecule has 0 aliphatic rings. The van der Waals surface area contributed by atoms with E-state index in [9.17, 15) is 14.4 Å². The fourth-order valence-corrected chi connectivity index (χ4v) is 3.49. The Balaban J connectivity index is 1.74. The lowest BCUT2D eigenvalue weighted by Crippen LogP contribution is -2.14. The molecule has 7 heteroatoms. The van der Waals surface area contributed by atoms with Crippen LogP contribution in [0.3, 0.4) is 0 Å². The van der Waals surface area contributed by atoms with Crippen LogP contribution in [0.1, 0.15) is 32.4 Å². The number of ether oxygens (including phenoxy) is 1. The maximum absolute atomic E-state index is 13.2. The van der Waals surface area contributed by atoms with E-state index in [1.165, 1.54) is 24.8 Å². The minimum absolute atomic E-state index is 0.195. The average Bonchev–Trinajstić information content (AvgIpc) is 3.20. The highest BCUT2D eigenvalue weighted by atomic mass is 16.5. The number of amides is 1. The minimum atomic E-state index is -0.514. The van der Waals surface area contributed by atoms with Gasteiger partial charge < -0.3 is 15.4 Å². The van der Waals surface area contributed by atoms with E-state index in [0.717, 1.165) is 5.69 Å². The lowest BCUT2D eigenvalue weighted by Gasteiger charge is -2.14. The van der Waals surface area contributed by atoms with Crippen LogP contribution in [0.5, 0.6) is 0 Å². The number of rotatable bonds is 5. The molecule has 1 heterocycles. The van der Waals surface area contributed by atoms with Crippen LogP contribution >= 0.6 is 0 Å². The van der Waals surface area contributed by atoms with E-state index in [1.807, 2.05) is 42.5 Å². The van der Waals surface area contributed by atoms with Crippen LogP contribution in [-0.2, 0) is 4.74 Å². The topological polar surface area (TPSA) is 89.4 Å². The van der Waals surface area contributed by atoms with Crippen LogP contribution in [0, 0.1) is 0 Å². The second-order valence-electron chi connectivity index (χ2n) is 7.15. The molecule has 32 heavy (non-hydrogen) atoms. The standard InChI is InChI=1S/C25H21N3O4/c1-16(29)28-15-20(19-10-6-7-11-23(19)28)24(30)27-22-14-17(25(31)32-2)12-13-21(22)26-18-8-4-3-5-9-18/h3-15,26H,1-2H3,(H,27,30). The van der Waals surface area contributed by atoms with Crippen LogP contribution in [-0.4, -0.2) is 29.5 Å². The van der Waals surface area contributed by atoms with Gasteiger partial charge in [0.05, 0.1) is 35.1 Å². The minimum Gasteiger partial charge on any atom is -0.465 e. The number of esters is 1. The van der Waals surface area contributed by atoms with Crippen molar-refractivity contribution in [2.24, 2.45) is 0 Å². The quantitative estimate of drug-likeness (QED) is 0.433. The number of nitrogens with zero attached hydrogens (tertiary/aromatic N) is 1. The van der Waals surface area contributed by atoms with Crippen LogP contribution in [0.15, 0.2) is 79.0 Å². The van der Waals surface area contributed by atoms with E-state index >= 15 is 0 Å². The van der Waals surface area contributed by atoms with Gasteiger partial charge in [-0.15, -0.1) is 0 Å². The number of methoxy groups -OCH3 is 1. The maximum atomic E-state index is 13.2. The largest absolute Gasteiger partial charge is 0.465 e. The summed E-state index contributed by atoms with van der Waals surface area (Å²) < 4.78 is 6.26. The maximum Gasteiger partial charge on any atom is 0.337 e. The van der Waals surface area contributed by atoms with Gasteiger partial charge in [0.1, 0.15) is 0 Å². The molecule has 0 fully saturated rings. The zero-order valence-electron chi connectivity index (χ0n) is 17.6. The molecule has 4 rings (SSSR count). The molecule has 0 radical (unpaired) electrons. The van der Waals surface area contributed by atoms with Crippen molar-refractivity contribution in [3.8, 4) is 0 Å². The van der Waals surface area contributed by atoms with Gasteiger partial charge in [0.25, 0.3) is 5.91 Å². The lowest BCUT2D eigenvalue weighted by atomic mass is 10.1. The summed E-state index contributed by atoms with van der Waals surface area (Å²) in [5.41, 5.74) is 3.13. The Morgan fingerprint density at radius 3 is 2.31 bits per heavy atom. The number of carbonyl (C=O) groups is 3. The molecule has 1 aromatic heterocycles. The third-order valence-corrected chi connectivity index (χ3v) is 5.04. The Bertz CT molecular complexity index is 1330. The summed E-state index contributed by atoms with van der Waals surface area (Å²) in [4.78, 5) is 37.3. The van der Waals surface area contributed by atoms with Gasteiger partial charge in [0, 0.05) is 24.2 Å². The predicted molar refractivity (Wildman–Crippen MR) is 124 cm³/mol. The molecule has 0 spiro atoms. The smallest absolute Gasteiger partial charge is 0.337 e. The number of anilines is 3. The molecule has 4 aromatic rings. The van der Waals surface area contributed by atoms with Gasteiger partial charge in [0.15, 0.2) is 0 Å². The molecule has 0 saturated carbocycles. The van der Waals surface area contributed by atoms with Gasteiger partial charge in [-0.05, 0) is 36.4 Å². The zero-order chi connectivity index (χ0) is 22.7. The van der Waals surface area contributed by atoms with Crippen molar-refractivity contribution >= 4 is 45.7 Å². The lowest BCUT2D eigenvalue weighted by molar-refractivity contribution is 0.0600. The van der Waals surface area contributed by atoms with Crippen molar-refractivity contribution in [2.45, 2.75) is 6.92 Å². The Morgan fingerprint density at radius 2 is 1.59 bits per heavy atom. The summed E-state index contributed by atoms with van der Waals surface area (Å²) in [6, 6.07) is 21.5. The summed E-state index contributed by atoms with van der Waals surface area (Å²) >= 11 is 0. The SMILES string of the molecule is COC(=O)c1ccc(Nc2ccccc2)c(NC(=O)c2cn(C(C)=O)c3ccccc23)c1. The van der Waals surface area contributed by atoms with E-state index in [2.05, 4.69) is 10.6 Å². The number of para-hydroxylation sites is 2. The molecule has 7 nitrogen and oxygen atoms in total. The summed E-state index contributed by atoms with van der Waals surface area (Å²) in [5, 5.41) is 6.78. The molecular weight excluding hydrogens is 406 g/mol. The summed E-state index contributed by atoms with van der Waals surface area (Å²) in [7, 11) is 1.30. The van der Waals surface area contributed by atoms with E-state index in [-0.39, 0.29) is 5.91 Å². The van der Waals surface area contributed by atoms with Crippen molar-refractivity contribution in [1.82, 2.24) is 4.57 Å². The first-order valence-electron chi connectivity index (χ1n) is 9.94. The van der Waals surface area contributed by atoms with Crippen LogP contribution < -0.4 is 10.6 Å². The third kappa shape index (κ3) is 4.09. The van der Waals surface area contributed by atoms with Gasteiger partial charge in [-0.3, -0.25) is 14.2 Å². The first-order chi connectivity index (χ1) is 15.5. The molecule has 160 valence electrons. The molecule has 2 N–H and O–H groups in total. The molecule has 0 unspecified atom stereocenters. The molecule has 0 bridgehead atoms. The van der Waals surface area contributed by atoms with Crippen LogP contribution in [0.2, 0.25) is 0 Å². The first kappa shape index (κ1) is 20.9. The van der Waals surface area contributed by atoms with Gasteiger partial charge in [0.2, 0.25) is 5.91 Å². The fraction of sp³-hybridized carbons (Fsp3) is 0.0800. The average molecular weight is 427 g/mol. The van der Waals surface area contributed by atoms with Crippen molar-refractivity contribution in [3.63, 3.8) is 0 Å². The second kappa shape index (κ2) is 8.77. The number of benzene rings is 3. The zero-order valence-corrected chi connectivity index (χ0v) is 17.6. The highest BCUT2D eigenvalue weighted by Gasteiger charge is 2.19. The second-order valence-corrected chi connectivity index (χ2v) is 7.15. The molecule has 0 aliphatic carbocycles. The number of carbonyl (C=O) groups excluding carboxylic acids is 3. The summed E-state index contributed by atoms with van der Waals surface area (Å²) in [6.45, 7) is 1.44. The molecule has 0 saturated heterocycles. The summed E-state index contributed by atoms with van der Waals surface area (Å²) in [5.74, 6) is -1.11. The van der Waals surface area contributed by atoms with Gasteiger partial charge in [-0.1, -0.05) is 36.4 Å². The highest BCUT2D eigenvalue weighted by molar-refractivity contribution is 6.15. The van der Waals surface area contributed by atoms with Crippen molar-refractivity contribution in [1.29, 1.82) is 0 Å². The number of nitrogens with one attached hydrogen (secondary N) is 2. The van der Waals surface area contributed by atoms with Crippen molar-refractivity contribution in [3.05, 3.63) is 90.1 Å². The number of aromatic nitrogens is 1. The van der Waals surface area contributed by atoms with Gasteiger partial charge in [-0.2, -0.15) is 0 Å². The fourth-order valence-electron chi connectivity index (χ4n) is 3.49. The first-order valence-corrected chi connectivity index (χ1v) is 9.94. The van der Waals surface area contributed by atoms with E-state index in [0.29, 0.717) is 33.4 Å². The van der Waals surface area contributed by atoms with E-state index in [1.54, 1.807) is 30.3 Å².